The highest BCUT2D eigenvalue weighted by Crippen LogP contribution is 2.40. The molecule has 1 saturated heterocycles. The monoisotopic (exact) mass is 427 g/mol. The predicted octanol–water partition coefficient (Wildman–Crippen LogP) is 6.21. The summed E-state index contributed by atoms with van der Waals surface area (Å²) in [5, 5.41) is 14.9. The smallest absolute Gasteiger partial charge is 0.387 e. The third-order valence-electron chi connectivity index (χ3n) is 5.69. The van der Waals surface area contributed by atoms with E-state index >= 15 is 0 Å². The van der Waals surface area contributed by atoms with Gasteiger partial charge in [-0.15, -0.1) is 0 Å². The number of fused-ring (bicyclic) bond motifs is 3. The van der Waals surface area contributed by atoms with E-state index in [1.807, 2.05) is 0 Å². The first kappa shape index (κ1) is 20.9. The van der Waals surface area contributed by atoms with Crippen LogP contribution in [0.2, 0.25) is 0 Å². The quantitative estimate of drug-likeness (QED) is 0.377. The Morgan fingerprint density at radius 3 is 2.03 bits per heavy atom. The summed E-state index contributed by atoms with van der Waals surface area (Å²) in [5.74, 6) is 0. The summed E-state index contributed by atoms with van der Waals surface area (Å²) in [6.45, 7) is 0.723. The summed E-state index contributed by atoms with van der Waals surface area (Å²) in [6.07, 6.45) is -7.66. The predicted molar refractivity (Wildman–Crippen MR) is 102 cm³/mol. The van der Waals surface area contributed by atoms with Crippen molar-refractivity contribution in [1.82, 2.24) is 5.32 Å². The molecule has 1 aliphatic heterocycles. The van der Waals surface area contributed by atoms with E-state index in [1.165, 1.54) is 12.1 Å². The van der Waals surface area contributed by atoms with Gasteiger partial charge >= 0.3 is 12.4 Å². The van der Waals surface area contributed by atoms with Crippen molar-refractivity contribution in [1.29, 1.82) is 0 Å². The van der Waals surface area contributed by atoms with Crippen LogP contribution in [0.4, 0.5) is 26.3 Å². The van der Waals surface area contributed by atoms with Crippen molar-refractivity contribution in [2.24, 2.45) is 0 Å². The normalized spacial score (nSPS) is 19.4. The highest BCUT2D eigenvalue weighted by atomic mass is 19.4. The second-order valence-electron chi connectivity index (χ2n) is 7.66. The molecule has 2 N–H and O–H groups in total. The summed E-state index contributed by atoms with van der Waals surface area (Å²) in [4.78, 5) is 0. The van der Waals surface area contributed by atoms with Gasteiger partial charge < -0.3 is 10.4 Å². The molecule has 4 rings (SSSR count). The number of halogens is 6. The average molecular weight is 427 g/mol. The molecule has 0 bridgehead atoms. The van der Waals surface area contributed by atoms with Gasteiger partial charge in [0.2, 0.25) is 0 Å². The Kier molecular flexibility index (Phi) is 5.18. The van der Waals surface area contributed by atoms with Crippen LogP contribution in [0, 0.1) is 0 Å². The van der Waals surface area contributed by atoms with Crippen LogP contribution in [0.15, 0.2) is 42.5 Å². The minimum atomic E-state index is -4.64. The Bertz CT molecular complexity index is 1080. The van der Waals surface area contributed by atoms with Gasteiger partial charge in [0.15, 0.2) is 0 Å². The second-order valence-corrected chi connectivity index (χ2v) is 7.66. The molecule has 1 aliphatic rings. The van der Waals surface area contributed by atoms with E-state index < -0.39 is 29.6 Å². The molecule has 2 atom stereocenters. The van der Waals surface area contributed by atoms with Crippen molar-refractivity contribution < 1.29 is 31.4 Å². The minimum absolute atomic E-state index is 0.0401. The van der Waals surface area contributed by atoms with Crippen LogP contribution in [-0.4, -0.2) is 17.7 Å². The molecule has 1 fully saturated rings. The van der Waals surface area contributed by atoms with Gasteiger partial charge in [-0.3, -0.25) is 0 Å². The number of piperidine rings is 1. The summed E-state index contributed by atoms with van der Waals surface area (Å²) >= 11 is 0. The van der Waals surface area contributed by atoms with E-state index in [9.17, 15) is 31.4 Å². The van der Waals surface area contributed by atoms with E-state index in [4.69, 9.17) is 0 Å². The number of alkyl halides is 6. The van der Waals surface area contributed by atoms with E-state index in [0.717, 1.165) is 43.7 Å². The SMILES string of the molecule is O[C@H](c1cc2ccc(C(F)(F)F)cc2c2cc(C(F)(F)F)ccc12)[C@H]1CCCCN1. The van der Waals surface area contributed by atoms with Crippen LogP contribution in [0.1, 0.15) is 42.1 Å². The van der Waals surface area contributed by atoms with Crippen LogP contribution < -0.4 is 5.32 Å². The van der Waals surface area contributed by atoms with Crippen molar-refractivity contribution in [3.63, 3.8) is 0 Å². The molecule has 0 aliphatic carbocycles. The minimum Gasteiger partial charge on any atom is -0.387 e. The summed E-state index contributed by atoms with van der Waals surface area (Å²) in [6, 6.07) is 7.31. The van der Waals surface area contributed by atoms with Crippen molar-refractivity contribution >= 4 is 21.5 Å². The lowest BCUT2D eigenvalue weighted by Crippen LogP contribution is -2.38. The molecular formula is C22H19F6NO. The Hall–Kier alpha value is -2.32. The van der Waals surface area contributed by atoms with Crippen LogP contribution in [-0.2, 0) is 12.4 Å². The van der Waals surface area contributed by atoms with Crippen molar-refractivity contribution in [2.75, 3.05) is 6.54 Å². The molecule has 30 heavy (non-hydrogen) atoms. The first-order valence-corrected chi connectivity index (χ1v) is 9.62. The van der Waals surface area contributed by atoms with E-state index in [-0.39, 0.29) is 16.8 Å². The van der Waals surface area contributed by atoms with E-state index in [0.29, 0.717) is 22.8 Å². The first-order chi connectivity index (χ1) is 14.1. The summed E-state index contributed by atoms with van der Waals surface area (Å²) in [7, 11) is 0. The highest BCUT2D eigenvalue weighted by Gasteiger charge is 2.33. The molecule has 8 heteroatoms. The van der Waals surface area contributed by atoms with Gasteiger partial charge in [0, 0.05) is 6.04 Å². The molecule has 1 heterocycles. The number of hydrogen-bond donors (Lipinski definition) is 2. The first-order valence-electron chi connectivity index (χ1n) is 9.62. The molecular weight excluding hydrogens is 408 g/mol. The fourth-order valence-corrected chi connectivity index (χ4v) is 4.14. The second kappa shape index (κ2) is 7.42. The zero-order valence-corrected chi connectivity index (χ0v) is 15.7. The van der Waals surface area contributed by atoms with Crippen molar-refractivity contribution in [3.05, 3.63) is 59.2 Å². The maximum atomic E-state index is 13.3. The summed E-state index contributed by atoms with van der Waals surface area (Å²) in [5.41, 5.74) is -1.47. The fraction of sp³-hybridized carbons (Fsp3) is 0.364. The maximum absolute atomic E-state index is 13.3. The third kappa shape index (κ3) is 3.86. The van der Waals surface area contributed by atoms with Gasteiger partial charge in [0.25, 0.3) is 0 Å². The van der Waals surface area contributed by atoms with Crippen LogP contribution in [0.3, 0.4) is 0 Å². The summed E-state index contributed by atoms with van der Waals surface area (Å²) < 4.78 is 79.5. The van der Waals surface area contributed by atoms with Gasteiger partial charge in [0.05, 0.1) is 17.2 Å². The van der Waals surface area contributed by atoms with Gasteiger partial charge in [-0.1, -0.05) is 18.6 Å². The lowest BCUT2D eigenvalue weighted by atomic mass is 9.88. The lowest BCUT2D eigenvalue weighted by molar-refractivity contribution is -0.138. The number of hydrogen-bond acceptors (Lipinski definition) is 2. The molecule has 0 aromatic heterocycles. The van der Waals surface area contributed by atoms with Crippen LogP contribution in [0.5, 0.6) is 0 Å². The number of benzene rings is 3. The molecule has 0 spiro atoms. The van der Waals surface area contributed by atoms with Gasteiger partial charge in [-0.25, -0.2) is 0 Å². The molecule has 0 unspecified atom stereocenters. The molecule has 0 amide bonds. The average Bonchev–Trinajstić information content (AvgIpc) is 2.71. The Labute approximate surface area is 168 Å². The molecule has 3 aromatic rings. The Morgan fingerprint density at radius 2 is 1.43 bits per heavy atom. The topological polar surface area (TPSA) is 32.3 Å². The molecule has 2 nitrogen and oxygen atoms in total. The molecule has 160 valence electrons. The number of aliphatic hydroxyl groups is 1. The molecule has 3 aromatic carbocycles. The van der Waals surface area contributed by atoms with Crippen molar-refractivity contribution in [3.8, 4) is 0 Å². The number of aliphatic hydroxyl groups excluding tert-OH is 1. The Morgan fingerprint density at radius 1 is 0.800 bits per heavy atom. The Balaban J connectivity index is 1.98. The zero-order valence-electron chi connectivity index (χ0n) is 15.7. The maximum Gasteiger partial charge on any atom is 0.416 e. The standard InChI is InChI=1S/C22H19F6NO/c23-21(24,25)13-5-4-12-9-18(20(30)19-3-1-2-8-29-19)15-7-6-14(22(26,27)28)11-17(15)16(12)10-13/h4-7,9-11,19-20,29-30H,1-3,8H2/t19-,20-/m1/s1. The zero-order chi connectivity index (χ0) is 21.7. The third-order valence-corrected chi connectivity index (χ3v) is 5.69. The highest BCUT2D eigenvalue weighted by molar-refractivity contribution is 6.09. The van der Waals surface area contributed by atoms with E-state index in [1.54, 1.807) is 6.07 Å². The number of rotatable bonds is 2. The van der Waals surface area contributed by atoms with Gasteiger partial charge in [-0.2, -0.15) is 26.3 Å². The molecule has 0 saturated carbocycles. The largest absolute Gasteiger partial charge is 0.416 e. The van der Waals surface area contributed by atoms with Gasteiger partial charge in [-0.05, 0) is 76.8 Å². The number of nitrogens with one attached hydrogen (secondary N) is 1. The fourth-order valence-electron chi connectivity index (χ4n) is 4.14. The van der Waals surface area contributed by atoms with Gasteiger partial charge in [0.1, 0.15) is 0 Å². The molecule has 0 radical (unpaired) electrons. The van der Waals surface area contributed by atoms with Crippen LogP contribution >= 0.6 is 0 Å². The van der Waals surface area contributed by atoms with E-state index in [2.05, 4.69) is 5.32 Å². The lowest BCUT2D eigenvalue weighted by Gasteiger charge is -2.29. The van der Waals surface area contributed by atoms with Crippen molar-refractivity contribution in [2.45, 2.75) is 43.8 Å². The van der Waals surface area contributed by atoms with Crippen LogP contribution in [0.25, 0.3) is 21.5 Å².